The molecule has 0 aliphatic heterocycles. The molecule has 0 aliphatic carbocycles. The second-order valence-electron chi connectivity index (χ2n) is 4.95. The molecule has 0 bridgehead atoms. The molecule has 0 amide bonds. The fourth-order valence-corrected chi connectivity index (χ4v) is 1.99. The summed E-state index contributed by atoms with van der Waals surface area (Å²) in [6, 6.07) is 12.7. The molecule has 2 nitrogen and oxygen atoms in total. The third kappa shape index (κ3) is 3.87. The summed E-state index contributed by atoms with van der Waals surface area (Å²) in [4.78, 5) is 10.7. The van der Waals surface area contributed by atoms with Gasteiger partial charge in [0.05, 0.1) is 5.56 Å². The molecule has 0 radical (unpaired) electrons. The molecule has 1 unspecified atom stereocenters. The fraction of sp³-hybridized carbons (Fsp3) is 0.235. The highest BCUT2D eigenvalue weighted by Crippen LogP contribution is 2.38. The summed E-state index contributed by atoms with van der Waals surface area (Å²) in [6.45, 7) is 1.60. The quantitative estimate of drug-likeness (QED) is 0.755. The lowest BCUT2D eigenvalue weighted by Gasteiger charge is -2.16. The Morgan fingerprint density at radius 1 is 1.14 bits per heavy atom. The minimum Gasteiger partial charge on any atom is -0.488 e. The van der Waals surface area contributed by atoms with Gasteiger partial charge in [0.25, 0.3) is 0 Å². The van der Waals surface area contributed by atoms with E-state index in [1.807, 2.05) is 6.07 Å². The van der Waals surface area contributed by atoms with Gasteiger partial charge in [0.1, 0.15) is 18.6 Å². The number of carbonyl (C=O) groups excluding carboxylic acids is 1. The number of halogens is 3. The van der Waals surface area contributed by atoms with E-state index in [0.29, 0.717) is 11.8 Å². The van der Waals surface area contributed by atoms with Crippen molar-refractivity contribution in [1.82, 2.24) is 0 Å². The molecule has 2 rings (SSSR count). The zero-order valence-electron chi connectivity index (χ0n) is 11.9. The molecule has 0 saturated carbocycles. The summed E-state index contributed by atoms with van der Waals surface area (Å²) >= 11 is 0. The first kappa shape index (κ1) is 16.1. The van der Waals surface area contributed by atoms with Gasteiger partial charge >= 0.3 is 6.18 Å². The number of carbonyl (C=O) groups is 1. The zero-order chi connectivity index (χ0) is 16.2. The monoisotopic (exact) mass is 308 g/mol. The lowest BCUT2D eigenvalue weighted by Crippen LogP contribution is -2.10. The van der Waals surface area contributed by atoms with Crippen LogP contribution in [0.2, 0.25) is 0 Å². The van der Waals surface area contributed by atoms with Crippen molar-refractivity contribution in [3.63, 3.8) is 0 Å². The lowest BCUT2D eigenvalue weighted by molar-refractivity contribution is -0.139. The Kier molecular flexibility index (Phi) is 4.85. The molecule has 2 aromatic rings. The van der Waals surface area contributed by atoms with Gasteiger partial charge in [-0.25, -0.2) is 0 Å². The molecule has 0 spiro atoms. The summed E-state index contributed by atoms with van der Waals surface area (Å²) in [5.41, 5.74) is 0.227. The highest BCUT2D eigenvalue weighted by atomic mass is 19.4. The van der Waals surface area contributed by atoms with Crippen LogP contribution in [-0.2, 0) is 17.6 Å². The average Bonchev–Trinajstić information content (AvgIpc) is 2.52. The zero-order valence-corrected chi connectivity index (χ0v) is 11.9. The molecule has 0 fully saturated rings. The lowest BCUT2D eigenvalue weighted by atomic mass is 9.99. The van der Waals surface area contributed by atoms with Crippen LogP contribution in [0.25, 0.3) is 0 Å². The number of aldehydes is 1. The van der Waals surface area contributed by atoms with E-state index >= 15 is 0 Å². The number of rotatable bonds is 5. The summed E-state index contributed by atoms with van der Waals surface area (Å²) in [5.74, 6) is -0.831. The van der Waals surface area contributed by atoms with E-state index in [-0.39, 0.29) is 12.4 Å². The van der Waals surface area contributed by atoms with Crippen LogP contribution >= 0.6 is 0 Å². The van der Waals surface area contributed by atoms with Crippen LogP contribution in [0.1, 0.15) is 29.5 Å². The van der Waals surface area contributed by atoms with Crippen molar-refractivity contribution in [3.05, 3.63) is 65.2 Å². The topological polar surface area (TPSA) is 26.3 Å². The SMILES string of the molecule is CC(C=O)c1ccc(OCc2ccccc2)c(C(F)(F)F)c1. The van der Waals surface area contributed by atoms with Gasteiger partial charge in [-0.05, 0) is 23.3 Å². The van der Waals surface area contributed by atoms with Crippen LogP contribution in [0, 0.1) is 0 Å². The summed E-state index contributed by atoms with van der Waals surface area (Å²) in [6.07, 6.45) is -3.93. The van der Waals surface area contributed by atoms with Crippen LogP contribution in [0.5, 0.6) is 5.75 Å². The maximum Gasteiger partial charge on any atom is 0.419 e. The smallest absolute Gasteiger partial charge is 0.419 e. The molecule has 0 aromatic heterocycles. The summed E-state index contributed by atoms with van der Waals surface area (Å²) in [5, 5.41) is 0. The Bertz CT molecular complexity index is 636. The first-order valence-corrected chi connectivity index (χ1v) is 6.75. The first-order chi connectivity index (χ1) is 10.4. The van der Waals surface area contributed by atoms with Crippen molar-refractivity contribution in [2.75, 3.05) is 0 Å². The molecule has 0 aliphatic rings. The largest absolute Gasteiger partial charge is 0.488 e. The van der Waals surface area contributed by atoms with E-state index in [9.17, 15) is 18.0 Å². The molecule has 1 atom stereocenters. The van der Waals surface area contributed by atoms with E-state index < -0.39 is 17.7 Å². The van der Waals surface area contributed by atoms with Gasteiger partial charge in [-0.3, -0.25) is 0 Å². The van der Waals surface area contributed by atoms with Gasteiger partial charge in [0.15, 0.2) is 0 Å². The average molecular weight is 308 g/mol. The number of benzene rings is 2. The molecule has 0 heterocycles. The Hall–Kier alpha value is -2.30. The van der Waals surface area contributed by atoms with Gasteiger partial charge in [-0.2, -0.15) is 13.2 Å². The van der Waals surface area contributed by atoms with Crippen LogP contribution in [0.4, 0.5) is 13.2 Å². The number of ether oxygens (including phenoxy) is 1. The molecular weight excluding hydrogens is 293 g/mol. The summed E-state index contributed by atoms with van der Waals surface area (Å²) in [7, 11) is 0. The predicted octanol–water partition coefficient (Wildman–Crippen LogP) is 4.59. The van der Waals surface area contributed by atoms with E-state index in [4.69, 9.17) is 4.74 Å². The minimum atomic E-state index is -4.54. The Labute approximate surface area is 126 Å². The predicted molar refractivity (Wildman–Crippen MR) is 76.7 cm³/mol. The Morgan fingerprint density at radius 3 is 2.41 bits per heavy atom. The minimum absolute atomic E-state index is 0.0481. The third-order valence-corrected chi connectivity index (χ3v) is 3.28. The standard InChI is InChI=1S/C17H15F3O2/c1-12(10-21)14-7-8-16(15(9-14)17(18,19)20)22-11-13-5-3-2-4-6-13/h2-10,12H,11H2,1H3. The van der Waals surface area contributed by atoms with E-state index in [2.05, 4.69) is 0 Å². The molecule has 2 aromatic carbocycles. The summed E-state index contributed by atoms with van der Waals surface area (Å²) < 4.78 is 44.8. The maximum atomic E-state index is 13.2. The van der Waals surface area contributed by atoms with Crippen molar-refractivity contribution in [2.45, 2.75) is 25.6 Å². The van der Waals surface area contributed by atoms with Crippen LogP contribution in [0.3, 0.4) is 0 Å². The molecular formula is C17H15F3O2. The molecule has 5 heteroatoms. The van der Waals surface area contributed by atoms with Crippen molar-refractivity contribution in [2.24, 2.45) is 0 Å². The molecule has 22 heavy (non-hydrogen) atoms. The Morgan fingerprint density at radius 2 is 1.82 bits per heavy atom. The van der Waals surface area contributed by atoms with Crippen molar-refractivity contribution in [3.8, 4) is 5.75 Å². The van der Waals surface area contributed by atoms with Crippen LogP contribution in [-0.4, -0.2) is 6.29 Å². The van der Waals surface area contributed by atoms with Gasteiger partial charge in [0.2, 0.25) is 0 Å². The number of hydrogen-bond donors (Lipinski definition) is 0. The highest BCUT2D eigenvalue weighted by Gasteiger charge is 2.35. The van der Waals surface area contributed by atoms with Crippen LogP contribution < -0.4 is 4.74 Å². The van der Waals surface area contributed by atoms with Gasteiger partial charge in [-0.1, -0.05) is 43.3 Å². The van der Waals surface area contributed by atoms with Gasteiger partial charge < -0.3 is 9.53 Å². The normalized spacial score (nSPS) is 12.7. The third-order valence-electron chi connectivity index (χ3n) is 3.28. The first-order valence-electron chi connectivity index (χ1n) is 6.75. The molecule has 116 valence electrons. The second kappa shape index (κ2) is 6.64. The van der Waals surface area contributed by atoms with Crippen molar-refractivity contribution in [1.29, 1.82) is 0 Å². The highest BCUT2D eigenvalue weighted by molar-refractivity contribution is 5.62. The van der Waals surface area contributed by atoms with Crippen molar-refractivity contribution < 1.29 is 22.7 Å². The van der Waals surface area contributed by atoms with Gasteiger partial charge in [0, 0.05) is 5.92 Å². The van der Waals surface area contributed by atoms with Crippen molar-refractivity contribution >= 4 is 6.29 Å². The van der Waals surface area contributed by atoms with Crippen LogP contribution in [0.15, 0.2) is 48.5 Å². The molecule has 0 saturated heterocycles. The molecule has 0 N–H and O–H groups in total. The van der Waals surface area contributed by atoms with Gasteiger partial charge in [-0.15, -0.1) is 0 Å². The van der Waals surface area contributed by atoms with E-state index in [1.54, 1.807) is 31.2 Å². The Balaban J connectivity index is 2.28. The number of hydrogen-bond acceptors (Lipinski definition) is 2. The number of alkyl halides is 3. The second-order valence-corrected chi connectivity index (χ2v) is 4.95. The van der Waals surface area contributed by atoms with E-state index in [1.165, 1.54) is 12.1 Å². The van der Waals surface area contributed by atoms with E-state index in [0.717, 1.165) is 11.6 Å². The fourth-order valence-electron chi connectivity index (χ4n) is 1.99. The maximum absolute atomic E-state index is 13.2.